The number of para-hydroxylation sites is 2. The molecule has 0 spiro atoms. The van der Waals surface area contributed by atoms with Crippen LogP contribution in [0.5, 0.6) is 0 Å². The standard InChI is InChI=1S/C22H32N2/c1-17-11-9-12-18(2)21(17)23-15-7-5-6-8-16-24-22-19(3)13-10-14-20(22)4/h9-14,23-24H,5-8,15-16H2,1-4H3. The van der Waals surface area contributed by atoms with Crippen LogP contribution in [0.2, 0.25) is 0 Å². The number of unbranched alkanes of at least 4 members (excludes halogenated alkanes) is 3. The zero-order chi connectivity index (χ0) is 17.4. The summed E-state index contributed by atoms with van der Waals surface area (Å²) in [6, 6.07) is 12.9. The molecule has 0 aliphatic carbocycles. The lowest BCUT2D eigenvalue weighted by molar-refractivity contribution is 0.670. The van der Waals surface area contributed by atoms with E-state index in [-0.39, 0.29) is 0 Å². The molecule has 2 nitrogen and oxygen atoms in total. The monoisotopic (exact) mass is 324 g/mol. The summed E-state index contributed by atoms with van der Waals surface area (Å²) in [5.74, 6) is 0. The molecule has 0 unspecified atom stereocenters. The van der Waals surface area contributed by atoms with Gasteiger partial charge < -0.3 is 10.6 Å². The molecule has 2 aromatic rings. The van der Waals surface area contributed by atoms with E-state index in [9.17, 15) is 0 Å². The molecule has 2 N–H and O–H groups in total. The van der Waals surface area contributed by atoms with Crippen LogP contribution in [0, 0.1) is 27.7 Å². The van der Waals surface area contributed by atoms with Gasteiger partial charge in [-0.15, -0.1) is 0 Å². The van der Waals surface area contributed by atoms with E-state index in [2.05, 4.69) is 74.7 Å². The maximum Gasteiger partial charge on any atom is 0.0399 e. The Kier molecular flexibility index (Phi) is 7.17. The lowest BCUT2D eigenvalue weighted by atomic mass is 10.1. The van der Waals surface area contributed by atoms with E-state index < -0.39 is 0 Å². The third-order valence-corrected chi connectivity index (χ3v) is 4.67. The maximum atomic E-state index is 3.60. The van der Waals surface area contributed by atoms with Crippen molar-refractivity contribution in [3.05, 3.63) is 58.7 Å². The highest BCUT2D eigenvalue weighted by atomic mass is 14.9. The second-order valence-electron chi connectivity index (χ2n) is 6.80. The Bertz CT molecular complexity index is 548. The quantitative estimate of drug-likeness (QED) is 0.552. The van der Waals surface area contributed by atoms with Crippen LogP contribution >= 0.6 is 0 Å². The highest BCUT2D eigenvalue weighted by molar-refractivity contribution is 5.57. The molecule has 2 rings (SSSR count). The smallest absolute Gasteiger partial charge is 0.0399 e. The van der Waals surface area contributed by atoms with E-state index in [1.165, 1.54) is 59.3 Å². The molecule has 24 heavy (non-hydrogen) atoms. The van der Waals surface area contributed by atoms with Crippen molar-refractivity contribution >= 4 is 11.4 Å². The van der Waals surface area contributed by atoms with Crippen molar-refractivity contribution in [3.63, 3.8) is 0 Å². The summed E-state index contributed by atoms with van der Waals surface area (Å²) >= 11 is 0. The highest BCUT2D eigenvalue weighted by Gasteiger charge is 2.02. The third-order valence-electron chi connectivity index (χ3n) is 4.67. The Morgan fingerprint density at radius 1 is 0.542 bits per heavy atom. The average Bonchev–Trinajstić information content (AvgIpc) is 2.54. The molecule has 0 aliphatic rings. The van der Waals surface area contributed by atoms with Gasteiger partial charge in [0.2, 0.25) is 0 Å². The molecule has 0 bridgehead atoms. The van der Waals surface area contributed by atoms with Gasteiger partial charge in [-0.05, 0) is 62.8 Å². The average molecular weight is 325 g/mol. The van der Waals surface area contributed by atoms with Crippen molar-refractivity contribution in [2.45, 2.75) is 53.4 Å². The summed E-state index contributed by atoms with van der Waals surface area (Å²) in [6.07, 6.45) is 5.03. The third kappa shape index (κ3) is 5.30. The summed E-state index contributed by atoms with van der Waals surface area (Å²) in [6.45, 7) is 10.8. The molecule has 0 heterocycles. The second-order valence-corrected chi connectivity index (χ2v) is 6.80. The largest absolute Gasteiger partial charge is 0.385 e. The van der Waals surface area contributed by atoms with Crippen LogP contribution in [0.4, 0.5) is 11.4 Å². The van der Waals surface area contributed by atoms with Crippen molar-refractivity contribution in [2.75, 3.05) is 23.7 Å². The van der Waals surface area contributed by atoms with Gasteiger partial charge in [-0.2, -0.15) is 0 Å². The Balaban J connectivity index is 1.59. The van der Waals surface area contributed by atoms with E-state index in [1.54, 1.807) is 0 Å². The number of rotatable bonds is 9. The molecular weight excluding hydrogens is 292 g/mol. The summed E-state index contributed by atoms with van der Waals surface area (Å²) in [4.78, 5) is 0. The van der Waals surface area contributed by atoms with Gasteiger partial charge in [0.05, 0.1) is 0 Å². The van der Waals surface area contributed by atoms with Crippen molar-refractivity contribution in [1.29, 1.82) is 0 Å². The number of anilines is 2. The molecule has 0 saturated carbocycles. The van der Waals surface area contributed by atoms with Crippen LogP contribution < -0.4 is 10.6 Å². The van der Waals surface area contributed by atoms with Crippen molar-refractivity contribution < 1.29 is 0 Å². The minimum absolute atomic E-state index is 1.07. The minimum Gasteiger partial charge on any atom is -0.385 e. The Morgan fingerprint density at radius 3 is 1.21 bits per heavy atom. The van der Waals surface area contributed by atoms with Crippen LogP contribution in [0.3, 0.4) is 0 Å². The Morgan fingerprint density at radius 2 is 0.875 bits per heavy atom. The molecule has 0 fully saturated rings. The first kappa shape index (κ1) is 18.4. The first-order valence-electron chi connectivity index (χ1n) is 9.20. The van der Waals surface area contributed by atoms with E-state index in [1.807, 2.05) is 0 Å². The van der Waals surface area contributed by atoms with Gasteiger partial charge in [-0.3, -0.25) is 0 Å². The van der Waals surface area contributed by atoms with Gasteiger partial charge in [0, 0.05) is 24.5 Å². The molecule has 0 radical (unpaired) electrons. The lowest BCUT2D eigenvalue weighted by Crippen LogP contribution is -2.06. The van der Waals surface area contributed by atoms with E-state index >= 15 is 0 Å². The fraction of sp³-hybridized carbons (Fsp3) is 0.455. The van der Waals surface area contributed by atoms with Crippen molar-refractivity contribution in [1.82, 2.24) is 0 Å². The normalized spacial score (nSPS) is 10.7. The van der Waals surface area contributed by atoms with Crippen LogP contribution in [0.25, 0.3) is 0 Å². The fourth-order valence-electron chi connectivity index (χ4n) is 3.22. The van der Waals surface area contributed by atoms with Crippen LogP contribution in [0.15, 0.2) is 36.4 Å². The molecular formula is C22H32N2. The van der Waals surface area contributed by atoms with Gasteiger partial charge in [0.15, 0.2) is 0 Å². The lowest BCUT2D eigenvalue weighted by Gasteiger charge is -2.13. The van der Waals surface area contributed by atoms with Gasteiger partial charge in [0.1, 0.15) is 0 Å². The number of benzene rings is 2. The summed E-state index contributed by atoms with van der Waals surface area (Å²) < 4.78 is 0. The fourth-order valence-corrected chi connectivity index (χ4v) is 3.22. The first-order valence-corrected chi connectivity index (χ1v) is 9.20. The summed E-state index contributed by atoms with van der Waals surface area (Å²) in [5.41, 5.74) is 7.99. The molecule has 2 heteroatoms. The molecule has 130 valence electrons. The molecule has 2 aromatic carbocycles. The first-order chi connectivity index (χ1) is 11.6. The second kappa shape index (κ2) is 9.36. The zero-order valence-electron chi connectivity index (χ0n) is 15.7. The highest BCUT2D eigenvalue weighted by Crippen LogP contribution is 2.20. The zero-order valence-corrected chi connectivity index (χ0v) is 15.7. The van der Waals surface area contributed by atoms with Gasteiger partial charge >= 0.3 is 0 Å². The molecule has 0 aliphatic heterocycles. The molecule has 0 aromatic heterocycles. The Hall–Kier alpha value is -1.96. The van der Waals surface area contributed by atoms with Gasteiger partial charge in [-0.1, -0.05) is 49.2 Å². The Labute approximate surface area is 147 Å². The summed E-state index contributed by atoms with van der Waals surface area (Å²) in [7, 11) is 0. The number of hydrogen-bond donors (Lipinski definition) is 2. The molecule has 0 atom stereocenters. The minimum atomic E-state index is 1.07. The van der Waals surface area contributed by atoms with E-state index in [0.717, 1.165) is 13.1 Å². The van der Waals surface area contributed by atoms with Crippen LogP contribution in [-0.2, 0) is 0 Å². The van der Waals surface area contributed by atoms with Crippen molar-refractivity contribution in [3.8, 4) is 0 Å². The number of hydrogen-bond acceptors (Lipinski definition) is 2. The summed E-state index contributed by atoms with van der Waals surface area (Å²) in [5, 5.41) is 7.19. The predicted molar refractivity (Wildman–Crippen MR) is 107 cm³/mol. The van der Waals surface area contributed by atoms with E-state index in [4.69, 9.17) is 0 Å². The van der Waals surface area contributed by atoms with Crippen LogP contribution in [0.1, 0.15) is 47.9 Å². The maximum absolute atomic E-state index is 3.60. The van der Waals surface area contributed by atoms with Gasteiger partial charge in [0.25, 0.3) is 0 Å². The van der Waals surface area contributed by atoms with Gasteiger partial charge in [-0.25, -0.2) is 0 Å². The van der Waals surface area contributed by atoms with Crippen molar-refractivity contribution in [2.24, 2.45) is 0 Å². The van der Waals surface area contributed by atoms with Crippen LogP contribution in [-0.4, -0.2) is 13.1 Å². The topological polar surface area (TPSA) is 24.1 Å². The molecule has 0 amide bonds. The van der Waals surface area contributed by atoms with E-state index in [0.29, 0.717) is 0 Å². The number of aryl methyl sites for hydroxylation is 4. The predicted octanol–water partition coefficient (Wildman–Crippen LogP) is 6.00. The SMILES string of the molecule is Cc1cccc(C)c1NCCCCCCNc1c(C)cccc1C. The number of nitrogens with one attached hydrogen (secondary N) is 2. The molecule has 0 saturated heterocycles.